The van der Waals surface area contributed by atoms with E-state index < -0.39 is 22.2 Å². The lowest BCUT2D eigenvalue weighted by Crippen LogP contribution is -2.50. The number of aryl methyl sites for hydroxylation is 2. The van der Waals surface area contributed by atoms with E-state index in [1.807, 2.05) is 25.9 Å². The molecule has 0 fully saturated rings. The molecule has 2 heterocycles. The topological polar surface area (TPSA) is 128 Å². The second kappa shape index (κ2) is 12.2. The summed E-state index contributed by atoms with van der Waals surface area (Å²) < 4.78 is 40.0. The van der Waals surface area contributed by atoms with Crippen LogP contribution in [0.3, 0.4) is 0 Å². The number of nitrogens with one attached hydrogen (secondary N) is 1. The van der Waals surface area contributed by atoms with Gasteiger partial charge in [-0.25, -0.2) is 13.2 Å². The summed E-state index contributed by atoms with van der Waals surface area (Å²) in [6, 6.07) is 3.73. The summed E-state index contributed by atoms with van der Waals surface area (Å²) in [5.41, 5.74) is 1.68. The van der Waals surface area contributed by atoms with Gasteiger partial charge >= 0.3 is 6.03 Å². The Morgan fingerprint density at radius 3 is 2.63 bits per heavy atom. The van der Waals surface area contributed by atoms with E-state index in [1.54, 1.807) is 40.0 Å². The Balaban J connectivity index is 1.96. The van der Waals surface area contributed by atoms with E-state index in [0.29, 0.717) is 29.2 Å². The van der Waals surface area contributed by atoms with Crippen molar-refractivity contribution in [3.63, 3.8) is 0 Å². The molecule has 1 aromatic heterocycles. The number of fused-ring (bicyclic) bond motifs is 1. The van der Waals surface area contributed by atoms with Crippen molar-refractivity contribution >= 4 is 21.7 Å². The van der Waals surface area contributed by atoms with Crippen molar-refractivity contribution in [3.05, 3.63) is 35.2 Å². The van der Waals surface area contributed by atoms with Crippen molar-refractivity contribution in [1.82, 2.24) is 19.3 Å². The number of hydrogen-bond acceptors (Lipinski definition) is 8. The van der Waals surface area contributed by atoms with Gasteiger partial charge in [-0.2, -0.15) is 4.31 Å². The van der Waals surface area contributed by atoms with Crippen molar-refractivity contribution in [2.75, 3.05) is 52.7 Å². The molecule has 2 amide bonds. The molecule has 12 heteroatoms. The molecule has 0 bridgehead atoms. The average Bonchev–Trinajstić information content (AvgIpc) is 3.17. The number of likely N-dealkylation sites (N-methyl/N-ethyl adjacent to an activating group) is 1. The van der Waals surface area contributed by atoms with Crippen LogP contribution in [0.1, 0.15) is 30.9 Å². The SMILES string of the molecule is Cc1noc(C)c1NC(=O)N(C)C[C@@H]1Oc2cc(C#CCN(C)C)ccc2S(=O)(=O)N([C@@H](C)CO)C[C@@H]1C. The van der Waals surface area contributed by atoms with Gasteiger partial charge in [0.15, 0.2) is 5.76 Å². The van der Waals surface area contributed by atoms with Gasteiger partial charge in [-0.1, -0.05) is 23.9 Å². The predicted octanol–water partition coefficient (Wildman–Crippen LogP) is 2.14. The zero-order valence-corrected chi connectivity index (χ0v) is 23.8. The van der Waals surface area contributed by atoms with E-state index in [4.69, 9.17) is 9.26 Å². The lowest BCUT2D eigenvalue weighted by molar-refractivity contribution is 0.0830. The molecule has 1 aliphatic rings. The molecule has 1 aromatic carbocycles. The quantitative estimate of drug-likeness (QED) is 0.527. The van der Waals surface area contributed by atoms with Gasteiger partial charge in [0, 0.05) is 31.1 Å². The van der Waals surface area contributed by atoms with Crippen molar-refractivity contribution in [1.29, 1.82) is 0 Å². The maximum atomic E-state index is 13.6. The van der Waals surface area contributed by atoms with Gasteiger partial charge in [-0.15, -0.1) is 0 Å². The number of aliphatic hydroxyl groups is 1. The van der Waals surface area contributed by atoms with Crippen LogP contribution in [0.4, 0.5) is 10.5 Å². The number of amides is 2. The third-order valence-corrected chi connectivity index (χ3v) is 8.38. The maximum Gasteiger partial charge on any atom is 0.321 e. The molecule has 208 valence electrons. The minimum Gasteiger partial charge on any atom is -0.487 e. The molecular formula is C26H37N5O6S. The first-order chi connectivity index (χ1) is 17.8. The summed E-state index contributed by atoms with van der Waals surface area (Å²) in [5, 5.41) is 16.5. The average molecular weight is 548 g/mol. The van der Waals surface area contributed by atoms with E-state index in [9.17, 15) is 18.3 Å². The molecule has 2 aromatic rings. The highest BCUT2D eigenvalue weighted by molar-refractivity contribution is 7.89. The van der Waals surface area contributed by atoms with Gasteiger partial charge in [-0.05, 0) is 53.1 Å². The number of aromatic nitrogens is 1. The molecule has 11 nitrogen and oxygen atoms in total. The molecule has 0 unspecified atom stereocenters. The molecule has 3 rings (SSSR count). The first-order valence-electron chi connectivity index (χ1n) is 12.4. The summed E-state index contributed by atoms with van der Waals surface area (Å²) in [4.78, 5) is 16.4. The Bertz CT molecular complexity index is 1290. The second-order valence-corrected chi connectivity index (χ2v) is 11.8. The standard InChI is InChI=1S/C26H37N5O6S/c1-17-14-31(18(2)16-32)38(34,35)24-11-10-21(9-8-12-29(5)6)13-22(24)36-23(17)15-30(7)26(33)27-25-19(3)28-37-20(25)4/h10-11,13,17-18,23,32H,12,14-16H2,1-7H3,(H,27,33)/t17-,18-,23-/m0/s1. The first-order valence-corrected chi connectivity index (χ1v) is 13.8. The van der Waals surface area contributed by atoms with Crippen LogP contribution >= 0.6 is 0 Å². The number of carbonyl (C=O) groups excluding carboxylic acids is 1. The summed E-state index contributed by atoms with van der Waals surface area (Å²) in [7, 11) is 1.49. The fourth-order valence-corrected chi connectivity index (χ4v) is 5.86. The van der Waals surface area contributed by atoms with Crippen LogP contribution in [0.15, 0.2) is 27.6 Å². The minimum absolute atomic E-state index is 0.00400. The summed E-state index contributed by atoms with van der Waals surface area (Å²) in [6.07, 6.45) is -0.553. The molecule has 2 N–H and O–H groups in total. The van der Waals surface area contributed by atoms with Crippen LogP contribution in [0.2, 0.25) is 0 Å². The fourth-order valence-electron chi connectivity index (χ4n) is 4.04. The van der Waals surface area contributed by atoms with E-state index in [0.717, 1.165) is 0 Å². The lowest BCUT2D eigenvalue weighted by atomic mass is 10.0. The molecule has 38 heavy (non-hydrogen) atoms. The van der Waals surface area contributed by atoms with Gasteiger partial charge in [0.2, 0.25) is 10.0 Å². The zero-order chi connectivity index (χ0) is 28.2. The number of urea groups is 1. The third kappa shape index (κ3) is 6.66. The van der Waals surface area contributed by atoms with E-state index >= 15 is 0 Å². The number of hydrogen-bond donors (Lipinski definition) is 2. The Hall–Kier alpha value is -3.11. The van der Waals surface area contributed by atoms with Gasteiger partial charge in [-0.3, -0.25) is 4.90 Å². The molecule has 1 aliphatic heterocycles. The molecule has 0 aliphatic carbocycles. The Labute approximate surface area is 224 Å². The highest BCUT2D eigenvalue weighted by atomic mass is 32.2. The maximum absolute atomic E-state index is 13.6. The molecular weight excluding hydrogens is 510 g/mol. The lowest BCUT2D eigenvalue weighted by Gasteiger charge is -2.37. The zero-order valence-electron chi connectivity index (χ0n) is 23.0. The van der Waals surface area contributed by atoms with Crippen molar-refractivity contribution in [3.8, 4) is 17.6 Å². The van der Waals surface area contributed by atoms with Gasteiger partial charge in [0.25, 0.3) is 0 Å². The summed E-state index contributed by atoms with van der Waals surface area (Å²) >= 11 is 0. The molecule has 0 radical (unpaired) electrons. The van der Waals surface area contributed by atoms with Crippen LogP contribution in [0, 0.1) is 31.6 Å². The Morgan fingerprint density at radius 2 is 2.03 bits per heavy atom. The number of benzene rings is 1. The molecule has 0 spiro atoms. The van der Waals surface area contributed by atoms with Gasteiger partial charge < -0.3 is 24.6 Å². The van der Waals surface area contributed by atoms with Crippen LogP contribution in [-0.2, 0) is 10.0 Å². The number of nitrogens with zero attached hydrogens (tertiary/aromatic N) is 4. The summed E-state index contributed by atoms with van der Waals surface area (Å²) in [5.74, 6) is 6.43. The molecule has 0 saturated heterocycles. The van der Waals surface area contributed by atoms with E-state index in [-0.39, 0.29) is 42.3 Å². The smallest absolute Gasteiger partial charge is 0.321 e. The highest BCUT2D eigenvalue weighted by Crippen LogP contribution is 2.34. The number of sulfonamides is 1. The second-order valence-electron chi connectivity index (χ2n) is 9.95. The Kier molecular flexibility index (Phi) is 9.43. The van der Waals surface area contributed by atoms with Gasteiger partial charge in [0.05, 0.1) is 19.7 Å². The third-order valence-electron chi connectivity index (χ3n) is 6.36. The number of ether oxygens (including phenoxy) is 1. The van der Waals surface area contributed by atoms with Crippen LogP contribution in [0.25, 0.3) is 0 Å². The van der Waals surface area contributed by atoms with Crippen molar-refractivity contribution < 1.29 is 27.6 Å². The highest BCUT2D eigenvalue weighted by Gasteiger charge is 2.38. The first kappa shape index (κ1) is 29.4. The largest absolute Gasteiger partial charge is 0.487 e. The van der Waals surface area contributed by atoms with Crippen molar-refractivity contribution in [2.24, 2.45) is 5.92 Å². The molecule has 3 atom stereocenters. The number of carbonyl (C=O) groups is 1. The van der Waals surface area contributed by atoms with E-state index in [1.165, 1.54) is 15.3 Å². The van der Waals surface area contributed by atoms with Crippen LogP contribution in [0.5, 0.6) is 5.75 Å². The minimum atomic E-state index is -3.97. The monoisotopic (exact) mass is 547 g/mol. The molecule has 0 saturated carbocycles. The van der Waals surface area contributed by atoms with E-state index in [2.05, 4.69) is 22.3 Å². The van der Waals surface area contributed by atoms with Crippen LogP contribution < -0.4 is 10.1 Å². The van der Waals surface area contributed by atoms with Gasteiger partial charge in [0.1, 0.15) is 28.1 Å². The summed E-state index contributed by atoms with van der Waals surface area (Å²) in [6.45, 7) is 7.46. The predicted molar refractivity (Wildman–Crippen MR) is 144 cm³/mol. The normalized spacial score (nSPS) is 19.8. The fraction of sp³-hybridized carbons (Fsp3) is 0.538. The number of rotatable bonds is 6. The van der Waals surface area contributed by atoms with Crippen molar-refractivity contribution in [2.45, 2.75) is 44.7 Å². The van der Waals surface area contributed by atoms with Crippen LogP contribution in [-0.4, -0.2) is 98.3 Å². The Morgan fingerprint density at radius 1 is 1.32 bits per heavy atom. The number of aliphatic hydroxyl groups excluding tert-OH is 1. The number of anilines is 1.